The van der Waals surface area contributed by atoms with Crippen LogP contribution in [0, 0.1) is 0 Å². The molecule has 0 unspecified atom stereocenters. The zero-order valence-electron chi connectivity index (χ0n) is 14.3. The number of carbonyl (C=O) groups excluding carboxylic acids is 1. The van der Waals surface area contributed by atoms with Crippen molar-refractivity contribution in [2.45, 2.75) is 44.8 Å². The van der Waals surface area contributed by atoms with Crippen LogP contribution in [0.3, 0.4) is 0 Å². The van der Waals surface area contributed by atoms with Crippen molar-refractivity contribution in [2.75, 3.05) is 6.54 Å². The van der Waals surface area contributed by atoms with E-state index in [1.54, 1.807) is 0 Å². The van der Waals surface area contributed by atoms with Crippen molar-refractivity contribution in [1.29, 1.82) is 0 Å². The lowest BCUT2D eigenvalue weighted by atomic mass is 10.2. The van der Waals surface area contributed by atoms with Gasteiger partial charge in [0.15, 0.2) is 5.82 Å². The standard InChI is InChI=1S/C19H21N5O/c1-13-19-20-18(15-6-7-15)21-24(19)11-10-23(13)17(25)12-22-9-8-14-4-2-3-5-16(14)22/h2-5,8-9,13,15H,6-7,10-12H2,1H3/t13-/m1/s1. The molecule has 3 aromatic rings. The van der Waals surface area contributed by atoms with E-state index in [2.05, 4.69) is 30.2 Å². The molecule has 1 atom stereocenters. The van der Waals surface area contributed by atoms with Gasteiger partial charge in [-0.2, -0.15) is 5.10 Å². The molecule has 6 nitrogen and oxygen atoms in total. The fraction of sp³-hybridized carbons (Fsp3) is 0.421. The van der Waals surface area contributed by atoms with Gasteiger partial charge >= 0.3 is 0 Å². The van der Waals surface area contributed by atoms with Crippen molar-refractivity contribution >= 4 is 16.8 Å². The minimum Gasteiger partial charge on any atom is -0.338 e. The number of hydrogen-bond acceptors (Lipinski definition) is 3. The topological polar surface area (TPSA) is 56.0 Å². The highest BCUT2D eigenvalue weighted by molar-refractivity contribution is 5.83. The Bertz CT molecular complexity index is 952. The van der Waals surface area contributed by atoms with E-state index < -0.39 is 0 Å². The normalized spacial score (nSPS) is 20.0. The van der Waals surface area contributed by atoms with E-state index >= 15 is 0 Å². The molecule has 3 heterocycles. The van der Waals surface area contributed by atoms with Crippen LogP contribution in [-0.4, -0.2) is 36.7 Å². The van der Waals surface area contributed by atoms with Gasteiger partial charge in [0.1, 0.15) is 12.4 Å². The van der Waals surface area contributed by atoms with Gasteiger partial charge in [0.2, 0.25) is 5.91 Å². The van der Waals surface area contributed by atoms with Crippen LogP contribution in [0.5, 0.6) is 0 Å². The minimum absolute atomic E-state index is 0.0249. The molecule has 1 saturated carbocycles. The van der Waals surface area contributed by atoms with Gasteiger partial charge in [-0.15, -0.1) is 0 Å². The van der Waals surface area contributed by atoms with Crippen molar-refractivity contribution in [2.24, 2.45) is 0 Å². The van der Waals surface area contributed by atoms with Gasteiger partial charge in [-0.3, -0.25) is 4.79 Å². The van der Waals surface area contributed by atoms with E-state index in [-0.39, 0.29) is 11.9 Å². The Morgan fingerprint density at radius 2 is 2.04 bits per heavy atom. The molecule has 128 valence electrons. The van der Waals surface area contributed by atoms with Gasteiger partial charge in [-0.25, -0.2) is 9.67 Å². The van der Waals surface area contributed by atoms with Crippen LogP contribution >= 0.6 is 0 Å². The number of amides is 1. The van der Waals surface area contributed by atoms with E-state index in [4.69, 9.17) is 4.98 Å². The maximum Gasteiger partial charge on any atom is 0.243 e. The highest BCUT2D eigenvalue weighted by Crippen LogP contribution is 2.39. The predicted octanol–water partition coefficient (Wildman–Crippen LogP) is 2.71. The summed E-state index contributed by atoms with van der Waals surface area (Å²) in [7, 11) is 0. The Kier molecular flexibility index (Phi) is 3.20. The molecule has 1 fully saturated rings. The second-order valence-electron chi connectivity index (χ2n) is 7.09. The first-order chi connectivity index (χ1) is 12.2. The Morgan fingerprint density at radius 1 is 1.20 bits per heavy atom. The number of hydrogen-bond donors (Lipinski definition) is 0. The zero-order chi connectivity index (χ0) is 17.0. The molecule has 1 aliphatic heterocycles. The van der Waals surface area contributed by atoms with E-state index in [1.165, 1.54) is 12.8 Å². The summed E-state index contributed by atoms with van der Waals surface area (Å²) in [5.74, 6) is 2.57. The summed E-state index contributed by atoms with van der Waals surface area (Å²) in [5.41, 5.74) is 1.10. The van der Waals surface area contributed by atoms with Gasteiger partial charge < -0.3 is 9.47 Å². The first-order valence-electron chi connectivity index (χ1n) is 8.98. The SMILES string of the molecule is C[C@@H]1c2nc(C3CC3)nn2CCN1C(=O)Cn1ccc2ccccc21. The molecule has 0 radical (unpaired) electrons. The number of nitrogens with zero attached hydrogens (tertiary/aromatic N) is 5. The molecular weight excluding hydrogens is 314 g/mol. The van der Waals surface area contributed by atoms with Crippen LogP contribution in [0.4, 0.5) is 0 Å². The average molecular weight is 335 g/mol. The Labute approximate surface area is 146 Å². The number of carbonyl (C=O) groups is 1. The summed E-state index contributed by atoms with van der Waals surface area (Å²) >= 11 is 0. The lowest BCUT2D eigenvalue weighted by molar-refractivity contribution is -0.135. The summed E-state index contributed by atoms with van der Waals surface area (Å²) in [6, 6.07) is 10.2. The molecule has 0 N–H and O–H groups in total. The third-order valence-corrected chi connectivity index (χ3v) is 5.36. The maximum absolute atomic E-state index is 12.9. The van der Waals surface area contributed by atoms with E-state index in [1.807, 2.05) is 32.5 Å². The molecule has 5 rings (SSSR count). The molecule has 2 aromatic heterocycles. The number of fused-ring (bicyclic) bond motifs is 2. The van der Waals surface area contributed by atoms with E-state index in [0.717, 1.165) is 29.1 Å². The summed E-state index contributed by atoms with van der Waals surface area (Å²) in [4.78, 5) is 19.6. The molecule has 25 heavy (non-hydrogen) atoms. The molecule has 1 aliphatic carbocycles. The van der Waals surface area contributed by atoms with Gasteiger partial charge in [0.25, 0.3) is 0 Å². The number of benzene rings is 1. The minimum atomic E-state index is -0.0249. The highest BCUT2D eigenvalue weighted by atomic mass is 16.2. The van der Waals surface area contributed by atoms with Gasteiger partial charge in [-0.1, -0.05) is 18.2 Å². The fourth-order valence-electron chi connectivity index (χ4n) is 3.75. The van der Waals surface area contributed by atoms with Gasteiger partial charge in [-0.05, 0) is 37.3 Å². The molecule has 0 saturated heterocycles. The van der Waals surface area contributed by atoms with Crippen molar-refractivity contribution in [3.63, 3.8) is 0 Å². The van der Waals surface area contributed by atoms with E-state index in [9.17, 15) is 4.79 Å². The van der Waals surface area contributed by atoms with Crippen molar-refractivity contribution in [3.8, 4) is 0 Å². The number of para-hydroxylation sites is 1. The quantitative estimate of drug-likeness (QED) is 0.739. The third-order valence-electron chi connectivity index (χ3n) is 5.36. The fourth-order valence-corrected chi connectivity index (χ4v) is 3.75. The molecule has 6 heteroatoms. The summed E-state index contributed by atoms with van der Waals surface area (Å²) < 4.78 is 4.02. The number of rotatable bonds is 3. The lowest BCUT2D eigenvalue weighted by Crippen LogP contribution is -2.42. The molecule has 0 bridgehead atoms. The van der Waals surface area contributed by atoms with Crippen LogP contribution in [0.25, 0.3) is 10.9 Å². The number of aromatic nitrogens is 4. The molecule has 1 amide bonds. The van der Waals surface area contributed by atoms with Crippen molar-refractivity contribution in [3.05, 3.63) is 48.2 Å². The van der Waals surface area contributed by atoms with Crippen LogP contribution in [0.15, 0.2) is 36.5 Å². The van der Waals surface area contributed by atoms with E-state index in [0.29, 0.717) is 19.0 Å². The molecule has 1 aromatic carbocycles. The Morgan fingerprint density at radius 3 is 2.88 bits per heavy atom. The van der Waals surface area contributed by atoms with Crippen LogP contribution in [0.2, 0.25) is 0 Å². The second-order valence-corrected chi connectivity index (χ2v) is 7.09. The lowest BCUT2D eigenvalue weighted by Gasteiger charge is -2.33. The largest absolute Gasteiger partial charge is 0.338 e. The van der Waals surface area contributed by atoms with Crippen molar-refractivity contribution in [1.82, 2.24) is 24.2 Å². The van der Waals surface area contributed by atoms with Crippen LogP contribution in [0.1, 0.15) is 43.4 Å². The molecular formula is C19H21N5O. The monoisotopic (exact) mass is 335 g/mol. The molecule has 2 aliphatic rings. The zero-order valence-corrected chi connectivity index (χ0v) is 14.3. The van der Waals surface area contributed by atoms with Crippen LogP contribution < -0.4 is 0 Å². The average Bonchev–Trinajstić information content (AvgIpc) is 3.25. The van der Waals surface area contributed by atoms with Crippen molar-refractivity contribution < 1.29 is 4.79 Å². The maximum atomic E-state index is 12.9. The summed E-state index contributed by atoms with van der Waals surface area (Å²) in [6.07, 6.45) is 4.38. The van der Waals surface area contributed by atoms with Crippen LogP contribution in [-0.2, 0) is 17.9 Å². The predicted molar refractivity (Wildman–Crippen MR) is 94.1 cm³/mol. The third kappa shape index (κ3) is 2.44. The first-order valence-corrected chi connectivity index (χ1v) is 8.98. The highest BCUT2D eigenvalue weighted by Gasteiger charge is 2.34. The second kappa shape index (κ2) is 5.44. The smallest absolute Gasteiger partial charge is 0.243 e. The Balaban J connectivity index is 1.38. The van der Waals surface area contributed by atoms with Gasteiger partial charge in [0, 0.05) is 24.2 Å². The summed E-state index contributed by atoms with van der Waals surface area (Å²) in [5, 5.41) is 5.80. The summed E-state index contributed by atoms with van der Waals surface area (Å²) in [6.45, 7) is 3.85. The Hall–Kier alpha value is -2.63. The van der Waals surface area contributed by atoms with Gasteiger partial charge in [0.05, 0.1) is 12.6 Å². The first kappa shape index (κ1) is 14.7. The molecule has 0 spiro atoms.